The molecule has 3 rings (SSSR count). The predicted octanol–water partition coefficient (Wildman–Crippen LogP) is 4.29. The van der Waals surface area contributed by atoms with Crippen molar-refractivity contribution < 1.29 is 14.3 Å². The van der Waals surface area contributed by atoms with Gasteiger partial charge in [-0.3, -0.25) is 9.69 Å². The number of rotatable bonds is 5. The van der Waals surface area contributed by atoms with Crippen molar-refractivity contribution >= 4 is 46.3 Å². The average Bonchev–Trinajstić information content (AvgIpc) is 2.90. The van der Waals surface area contributed by atoms with E-state index in [1.807, 2.05) is 12.1 Å². The number of hydrogen-bond donors (Lipinski definition) is 0. The van der Waals surface area contributed by atoms with Gasteiger partial charge in [-0.25, -0.2) is 4.79 Å². The van der Waals surface area contributed by atoms with Gasteiger partial charge in [-0.2, -0.15) is 0 Å². The summed E-state index contributed by atoms with van der Waals surface area (Å²) in [7, 11) is 0. The summed E-state index contributed by atoms with van der Waals surface area (Å²) in [6.07, 6.45) is 3.37. The summed E-state index contributed by atoms with van der Waals surface area (Å²) >= 11 is 6.47. The Labute approximate surface area is 161 Å². The third-order valence-corrected chi connectivity index (χ3v) is 4.94. The number of amides is 1. The maximum absolute atomic E-state index is 12.4. The first-order valence-corrected chi connectivity index (χ1v) is 9.04. The van der Waals surface area contributed by atoms with Crippen LogP contribution in [-0.2, 0) is 4.79 Å². The third kappa shape index (κ3) is 4.09. The lowest BCUT2D eigenvalue weighted by molar-refractivity contribution is -0.121. The van der Waals surface area contributed by atoms with Crippen LogP contribution >= 0.6 is 24.0 Å². The van der Waals surface area contributed by atoms with Gasteiger partial charge in [0.2, 0.25) is 0 Å². The first-order chi connectivity index (χ1) is 12.6. The highest BCUT2D eigenvalue weighted by Crippen LogP contribution is 2.32. The summed E-state index contributed by atoms with van der Waals surface area (Å²) in [6.45, 7) is 4.02. The molecule has 2 aromatic carbocycles. The van der Waals surface area contributed by atoms with Crippen molar-refractivity contribution in [2.75, 3.05) is 6.54 Å². The third-order valence-electron chi connectivity index (χ3n) is 3.56. The molecule has 1 saturated heterocycles. The number of carbonyl (C=O) groups is 2. The van der Waals surface area contributed by atoms with Crippen molar-refractivity contribution in [2.24, 2.45) is 0 Å². The minimum Gasteiger partial charge on any atom is -0.423 e. The van der Waals surface area contributed by atoms with Crippen LogP contribution in [0.15, 0.2) is 72.2 Å². The second-order valence-corrected chi connectivity index (χ2v) is 7.08. The standard InChI is InChI=1S/C20H15NO3S2/c1-2-11-21-18(22)17(26-20(21)25)13-14-7-6-10-16(12-14)24-19(23)15-8-4-3-5-9-15/h2-10,12-13H,1,11H2/b17-13-. The molecule has 130 valence electrons. The van der Waals surface area contributed by atoms with Gasteiger partial charge >= 0.3 is 5.97 Å². The van der Waals surface area contributed by atoms with Crippen molar-refractivity contribution in [2.45, 2.75) is 0 Å². The number of ether oxygens (including phenoxy) is 1. The molecule has 0 bridgehead atoms. The highest BCUT2D eigenvalue weighted by molar-refractivity contribution is 8.26. The van der Waals surface area contributed by atoms with Crippen molar-refractivity contribution in [3.8, 4) is 5.75 Å². The zero-order chi connectivity index (χ0) is 18.5. The van der Waals surface area contributed by atoms with E-state index >= 15 is 0 Å². The summed E-state index contributed by atoms with van der Waals surface area (Å²) in [5.41, 5.74) is 1.23. The van der Waals surface area contributed by atoms with E-state index in [-0.39, 0.29) is 5.91 Å². The van der Waals surface area contributed by atoms with E-state index in [0.29, 0.717) is 27.1 Å². The van der Waals surface area contributed by atoms with Gasteiger partial charge in [-0.1, -0.05) is 60.4 Å². The maximum atomic E-state index is 12.4. The van der Waals surface area contributed by atoms with Gasteiger partial charge in [0, 0.05) is 6.54 Å². The van der Waals surface area contributed by atoms with E-state index in [9.17, 15) is 9.59 Å². The van der Waals surface area contributed by atoms with Crippen molar-refractivity contribution in [3.05, 3.63) is 83.3 Å². The lowest BCUT2D eigenvalue weighted by atomic mass is 10.2. The van der Waals surface area contributed by atoms with Crippen molar-refractivity contribution in [3.63, 3.8) is 0 Å². The lowest BCUT2D eigenvalue weighted by Gasteiger charge is -2.10. The van der Waals surface area contributed by atoms with Crippen LogP contribution in [0, 0.1) is 0 Å². The predicted molar refractivity (Wildman–Crippen MR) is 108 cm³/mol. The van der Waals surface area contributed by atoms with Crippen LogP contribution in [-0.4, -0.2) is 27.6 Å². The Morgan fingerprint density at radius 3 is 2.69 bits per heavy atom. The Morgan fingerprint density at radius 2 is 1.96 bits per heavy atom. The highest BCUT2D eigenvalue weighted by Gasteiger charge is 2.30. The van der Waals surface area contributed by atoms with Crippen LogP contribution in [0.2, 0.25) is 0 Å². The van der Waals surface area contributed by atoms with Gasteiger partial charge in [0.15, 0.2) is 0 Å². The minimum atomic E-state index is -0.431. The Kier molecular flexibility index (Phi) is 5.65. The van der Waals surface area contributed by atoms with E-state index in [2.05, 4.69) is 6.58 Å². The highest BCUT2D eigenvalue weighted by atomic mass is 32.2. The van der Waals surface area contributed by atoms with Crippen LogP contribution in [0.1, 0.15) is 15.9 Å². The van der Waals surface area contributed by atoms with E-state index < -0.39 is 5.97 Å². The molecule has 0 spiro atoms. The van der Waals surface area contributed by atoms with Gasteiger partial charge in [0.1, 0.15) is 10.1 Å². The molecule has 6 heteroatoms. The minimum absolute atomic E-state index is 0.147. The summed E-state index contributed by atoms with van der Waals surface area (Å²) in [5, 5.41) is 0. The molecule has 0 atom stereocenters. The van der Waals surface area contributed by atoms with Crippen molar-refractivity contribution in [1.29, 1.82) is 0 Å². The molecule has 0 aromatic heterocycles. The summed E-state index contributed by atoms with van der Waals surface area (Å²) in [4.78, 5) is 26.6. The molecule has 1 aliphatic heterocycles. The number of thiocarbonyl (C=S) groups is 1. The molecule has 0 aliphatic carbocycles. The zero-order valence-corrected chi connectivity index (χ0v) is 15.4. The maximum Gasteiger partial charge on any atom is 0.343 e. The molecular weight excluding hydrogens is 366 g/mol. The molecule has 0 radical (unpaired) electrons. The fourth-order valence-corrected chi connectivity index (χ4v) is 3.62. The zero-order valence-electron chi connectivity index (χ0n) is 13.8. The number of esters is 1. The van der Waals surface area contributed by atoms with Gasteiger partial charge in [-0.05, 0) is 35.9 Å². The monoisotopic (exact) mass is 381 g/mol. The van der Waals surface area contributed by atoms with Gasteiger partial charge in [0.05, 0.1) is 10.5 Å². The summed E-state index contributed by atoms with van der Waals surface area (Å²) in [6, 6.07) is 15.8. The van der Waals surface area contributed by atoms with Crippen LogP contribution in [0.4, 0.5) is 0 Å². The fourth-order valence-electron chi connectivity index (χ4n) is 2.35. The topological polar surface area (TPSA) is 46.6 Å². The second kappa shape index (κ2) is 8.12. The SMILES string of the molecule is C=CCN1C(=O)/C(=C/c2cccc(OC(=O)c3ccccc3)c2)SC1=S. The molecule has 0 unspecified atom stereocenters. The molecule has 1 heterocycles. The molecule has 4 nitrogen and oxygen atoms in total. The average molecular weight is 381 g/mol. The van der Waals surface area contributed by atoms with E-state index in [1.165, 1.54) is 16.7 Å². The first-order valence-electron chi connectivity index (χ1n) is 7.82. The quantitative estimate of drug-likeness (QED) is 0.254. The number of carbonyl (C=O) groups excluding carboxylic acids is 2. The summed E-state index contributed by atoms with van der Waals surface area (Å²) < 4.78 is 5.91. The van der Waals surface area contributed by atoms with Crippen LogP contribution in [0.25, 0.3) is 6.08 Å². The first kappa shape index (κ1) is 18.1. The summed E-state index contributed by atoms with van der Waals surface area (Å²) in [5.74, 6) is -0.166. The Balaban J connectivity index is 1.78. The van der Waals surface area contributed by atoms with E-state index in [0.717, 1.165) is 5.56 Å². The Hall–Kier alpha value is -2.70. The normalized spacial score (nSPS) is 15.4. The Bertz CT molecular complexity index is 906. The van der Waals surface area contributed by atoms with Crippen molar-refractivity contribution in [1.82, 2.24) is 4.90 Å². The van der Waals surface area contributed by atoms with Gasteiger partial charge in [-0.15, -0.1) is 6.58 Å². The molecule has 1 fully saturated rings. The van der Waals surface area contributed by atoms with Crippen LogP contribution in [0.5, 0.6) is 5.75 Å². The molecular formula is C20H15NO3S2. The molecule has 0 N–H and O–H groups in total. The molecule has 26 heavy (non-hydrogen) atoms. The van der Waals surface area contributed by atoms with Crippen LogP contribution < -0.4 is 4.74 Å². The Morgan fingerprint density at radius 1 is 1.19 bits per heavy atom. The van der Waals surface area contributed by atoms with Gasteiger partial charge < -0.3 is 4.74 Å². The molecule has 1 amide bonds. The number of thioether (sulfide) groups is 1. The lowest BCUT2D eigenvalue weighted by Crippen LogP contribution is -2.27. The number of benzene rings is 2. The molecule has 0 saturated carbocycles. The van der Waals surface area contributed by atoms with Gasteiger partial charge in [0.25, 0.3) is 5.91 Å². The molecule has 2 aromatic rings. The number of hydrogen-bond acceptors (Lipinski definition) is 5. The fraction of sp³-hybridized carbons (Fsp3) is 0.0500. The number of nitrogens with zero attached hydrogens (tertiary/aromatic N) is 1. The van der Waals surface area contributed by atoms with E-state index in [4.69, 9.17) is 17.0 Å². The smallest absolute Gasteiger partial charge is 0.343 e. The van der Waals surface area contributed by atoms with Crippen LogP contribution in [0.3, 0.4) is 0 Å². The molecule has 1 aliphatic rings. The second-order valence-electron chi connectivity index (χ2n) is 5.41. The largest absolute Gasteiger partial charge is 0.423 e. The van der Waals surface area contributed by atoms with E-state index in [1.54, 1.807) is 54.6 Å².